The molecular formula is C16H23N3O4. The number of anilines is 1. The van der Waals surface area contributed by atoms with Crippen molar-refractivity contribution in [3.63, 3.8) is 0 Å². The Morgan fingerprint density at radius 1 is 1.35 bits per heavy atom. The summed E-state index contributed by atoms with van der Waals surface area (Å²) >= 11 is 0. The quantitative estimate of drug-likeness (QED) is 0.342. The van der Waals surface area contributed by atoms with E-state index in [1.807, 2.05) is 0 Å². The van der Waals surface area contributed by atoms with Gasteiger partial charge in [-0.1, -0.05) is 32.1 Å². The van der Waals surface area contributed by atoms with Crippen LogP contribution in [0.2, 0.25) is 0 Å². The topological polar surface area (TPSA) is 94.4 Å². The monoisotopic (exact) mass is 321 g/mol. The molecule has 1 aromatic heterocycles. The SMILES string of the molecule is O=C(CCC1CCCCC1)OCCNc1ccc([N+](=O)[O-])cn1. The molecule has 7 nitrogen and oxygen atoms in total. The molecule has 1 heterocycles. The van der Waals surface area contributed by atoms with Gasteiger partial charge in [-0.15, -0.1) is 0 Å². The van der Waals surface area contributed by atoms with E-state index in [0.717, 1.165) is 6.42 Å². The normalized spacial score (nSPS) is 15.1. The number of nitrogens with zero attached hydrogens (tertiary/aromatic N) is 2. The van der Waals surface area contributed by atoms with Crippen molar-refractivity contribution in [3.05, 3.63) is 28.4 Å². The van der Waals surface area contributed by atoms with Gasteiger partial charge in [0.15, 0.2) is 0 Å². The lowest BCUT2D eigenvalue weighted by molar-refractivity contribution is -0.385. The number of nitrogens with one attached hydrogen (secondary N) is 1. The Morgan fingerprint density at radius 2 is 2.13 bits per heavy atom. The summed E-state index contributed by atoms with van der Waals surface area (Å²) in [5, 5.41) is 13.5. The fourth-order valence-corrected chi connectivity index (χ4v) is 2.81. The van der Waals surface area contributed by atoms with Crippen LogP contribution < -0.4 is 5.32 Å². The summed E-state index contributed by atoms with van der Waals surface area (Å²) in [6.45, 7) is 0.697. The summed E-state index contributed by atoms with van der Waals surface area (Å²) in [6, 6.07) is 2.91. The molecule has 1 saturated carbocycles. The second-order valence-corrected chi connectivity index (χ2v) is 5.85. The number of nitro groups is 1. The van der Waals surface area contributed by atoms with Crippen LogP contribution in [0.3, 0.4) is 0 Å². The minimum atomic E-state index is -0.495. The van der Waals surface area contributed by atoms with Crippen molar-refractivity contribution in [1.82, 2.24) is 4.98 Å². The Balaban J connectivity index is 1.57. The van der Waals surface area contributed by atoms with Gasteiger partial charge in [0.2, 0.25) is 0 Å². The largest absolute Gasteiger partial charge is 0.464 e. The van der Waals surface area contributed by atoms with Crippen LogP contribution in [0, 0.1) is 16.0 Å². The number of aromatic nitrogens is 1. The van der Waals surface area contributed by atoms with E-state index in [9.17, 15) is 14.9 Å². The summed E-state index contributed by atoms with van der Waals surface area (Å²) in [6.07, 6.45) is 8.97. The van der Waals surface area contributed by atoms with Gasteiger partial charge >= 0.3 is 5.97 Å². The van der Waals surface area contributed by atoms with Gasteiger partial charge in [0.1, 0.15) is 18.6 Å². The van der Waals surface area contributed by atoms with Crippen molar-refractivity contribution < 1.29 is 14.5 Å². The number of esters is 1. The van der Waals surface area contributed by atoms with Crippen LogP contribution >= 0.6 is 0 Å². The minimum Gasteiger partial charge on any atom is -0.464 e. The van der Waals surface area contributed by atoms with Gasteiger partial charge in [0.25, 0.3) is 5.69 Å². The molecule has 1 fully saturated rings. The van der Waals surface area contributed by atoms with E-state index in [-0.39, 0.29) is 18.3 Å². The lowest BCUT2D eigenvalue weighted by atomic mass is 9.86. The number of hydrogen-bond donors (Lipinski definition) is 1. The molecule has 0 bridgehead atoms. The lowest BCUT2D eigenvalue weighted by Crippen LogP contribution is -2.15. The Hall–Kier alpha value is -2.18. The molecule has 7 heteroatoms. The first-order valence-corrected chi connectivity index (χ1v) is 8.15. The highest BCUT2D eigenvalue weighted by molar-refractivity contribution is 5.69. The predicted molar refractivity (Wildman–Crippen MR) is 86.1 cm³/mol. The van der Waals surface area contributed by atoms with Crippen LogP contribution in [0.1, 0.15) is 44.9 Å². The fourth-order valence-electron chi connectivity index (χ4n) is 2.81. The zero-order chi connectivity index (χ0) is 16.5. The fraction of sp³-hybridized carbons (Fsp3) is 0.625. The van der Waals surface area contributed by atoms with Crippen LogP contribution in [-0.4, -0.2) is 29.0 Å². The van der Waals surface area contributed by atoms with E-state index < -0.39 is 4.92 Å². The molecule has 0 saturated heterocycles. The average Bonchev–Trinajstić information content (AvgIpc) is 2.58. The van der Waals surface area contributed by atoms with Crippen molar-refractivity contribution in [2.45, 2.75) is 44.9 Å². The molecule has 1 aromatic rings. The summed E-state index contributed by atoms with van der Waals surface area (Å²) in [5.74, 6) is 1.04. The molecule has 0 aromatic carbocycles. The lowest BCUT2D eigenvalue weighted by Gasteiger charge is -2.20. The van der Waals surface area contributed by atoms with Crippen LogP contribution in [0.4, 0.5) is 11.5 Å². The molecule has 0 atom stereocenters. The highest BCUT2D eigenvalue weighted by Gasteiger charge is 2.15. The van der Waals surface area contributed by atoms with Gasteiger partial charge in [0.05, 0.1) is 11.5 Å². The van der Waals surface area contributed by atoms with Gasteiger partial charge in [-0.2, -0.15) is 0 Å². The second kappa shape index (κ2) is 9.07. The van der Waals surface area contributed by atoms with Crippen LogP contribution in [0.15, 0.2) is 18.3 Å². The van der Waals surface area contributed by atoms with E-state index in [1.165, 1.54) is 50.4 Å². The molecule has 0 aliphatic heterocycles. The molecule has 23 heavy (non-hydrogen) atoms. The molecule has 0 spiro atoms. The number of carbonyl (C=O) groups excluding carboxylic acids is 1. The number of carbonyl (C=O) groups is 1. The number of hydrogen-bond acceptors (Lipinski definition) is 6. The molecule has 0 amide bonds. The highest BCUT2D eigenvalue weighted by atomic mass is 16.6. The molecule has 0 radical (unpaired) electrons. The maximum Gasteiger partial charge on any atom is 0.305 e. The summed E-state index contributed by atoms with van der Waals surface area (Å²) in [5.41, 5.74) is -0.0512. The van der Waals surface area contributed by atoms with Gasteiger partial charge < -0.3 is 10.1 Å². The third kappa shape index (κ3) is 6.22. The van der Waals surface area contributed by atoms with Gasteiger partial charge in [-0.3, -0.25) is 14.9 Å². The summed E-state index contributed by atoms with van der Waals surface area (Å²) in [4.78, 5) is 25.6. The molecule has 2 rings (SSSR count). The Morgan fingerprint density at radius 3 is 2.78 bits per heavy atom. The van der Waals surface area contributed by atoms with Crippen molar-refractivity contribution in [3.8, 4) is 0 Å². The van der Waals surface area contributed by atoms with Crippen LogP contribution in [0.5, 0.6) is 0 Å². The van der Waals surface area contributed by atoms with E-state index >= 15 is 0 Å². The van der Waals surface area contributed by atoms with E-state index in [1.54, 1.807) is 0 Å². The first-order valence-electron chi connectivity index (χ1n) is 8.15. The first-order chi connectivity index (χ1) is 11.1. The van der Waals surface area contributed by atoms with E-state index in [0.29, 0.717) is 24.7 Å². The zero-order valence-corrected chi connectivity index (χ0v) is 13.2. The van der Waals surface area contributed by atoms with Crippen molar-refractivity contribution in [1.29, 1.82) is 0 Å². The number of ether oxygens (including phenoxy) is 1. The molecule has 1 aliphatic carbocycles. The van der Waals surface area contributed by atoms with Crippen LogP contribution in [-0.2, 0) is 9.53 Å². The van der Waals surface area contributed by atoms with E-state index in [2.05, 4.69) is 10.3 Å². The Kier molecular flexibility index (Phi) is 6.77. The minimum absolute atomic E-state index is 0.0512. The third-order valence-electron chi connectivity index (χ3n) is 4.11. The standard InChI is InChI=1S/C16H23N3O4/c20-16(9-6-13-4-2-1-3-5-13)23-11-10-17-15-8-7-14(12-18-15)19(21)22/h7-8,12-13H,1-6,9-11H2,(H,17,18). The summed E-state index contributed by atoms with van der Waals surface area (Å²) in [7, 11) is 0. The van der Waals surface area contributed by atoms with Crippen molar-refractivity contribution >= 4 is 17.5 Å². The number of pyridine rings is 1. The number of rotatable bonds is 8. The van der Waals surface area contributed by atoms with Gasteiger partial charge in [0, 0.05) is 12.5 Å². The van der Waals surface area contributed by atoms with Gasteiger partial charge in [-0.05, 0) is 18.4 Å². The van der Waals surface area contributed by atoms with Crippen molar-refractivity contribution in [2.24, 2.45) is 5.92 Å². The second-order valence-electron chi connectivity index (χ2n) is 5.85. The zero-order valence-electron chi connectivity index (χ0n) is 13.2. The highest BCUT2D eigenvalue weighted by Crippen LogP contribution is 2.27. The molecule has 0 unspecified atom stereocenters. The maximum atomic E-state index is 11.7. The molecule has 1 aliphatic rings. The first kappa shape index (κ1) is 17.2. The Bertz CT molecular complexity index is 513. The predicted octanol–water partition coefficient (Wildman–Crippen LogP) is 3.31. The third-order valence-corrected chi connectivity index (χ3v) is 4.11. The van der Waals surface area contributed by atoms with Crippen LogP contribution in [0.25, 0.3) is 0 Å². The Labute approximate surface area is 135 Å². The maximum absolute atomic E-state index is 11.7. The molecule has 126 valence electrons. The van der Waals surface area contributed by atoms with Gasteiger partial charge in [-0.25, -0.2) is 4.98 Å². The molecule has 1 N–H and O–H groups in total. The van der Waals surface area contributed by atoms with E-state index in [4.69, 9.17) is 4.74 Å². The smallest absolute Gasteiger partial charge is 0.305 e. The van der Waals surface area contributed by atoms with Crippen molar-refractivity contribution in [2.75, 3.05) is 18.5 Å². The average molecular weight is 321 g/mol. The summed E-state index contributed by atoms with van der Waals surface area (Å²) < 4.78 is 5.18. The molecular weight excluding hydrogens is 298 g/mol.